The fourth-order valence-electron chi connectivity index (χ4n) is 2.83. The molecule has 0 aliphatic heterocycles. The van der Waals surface area contributed by atoms with Gasteiger partial charge < -0.3 is 5.11 Å². The number of aliphatic carboxylic acids is 1. The number of nitrogens with zero attached hydrogens (tertiary/aromatic N) is 1. The van der Waals surface area contributed by atoms with Crippen molar-refractivity contribution >= 4 is 39.1 Å². The van der Waals surface area contributed by atoms with E-state index in [2.05, 4.69) is 4.98 Å². The first-order valence-corrected chi connectivity index (χ1v) is 7.57. The van der Waals surface area contributed by atoms with Gasteiger partial charge in [-0.15, -0.1) is 11.3 Å². The largest absolute Gasteiger partial charge is 0.481 e. The molecule has 1 fully saturated rings. The maximum absolute atomic E-state index is 11.6. The van der Waals surface area contributed by atoms with E-state index in [1.54, 1.807) is 11.3 Å². The van der Waals surface area contributed by atoms with Crippen molar-refractivity contribution in [2.45, 2.75) is 32.1 Å². The smallest absolute Gasteiger partial charge is 0.310 e. The van der Waals surface area contributed by atoms with Gasteiger partial charge in [-0.05, 0) is 31.0 Å². The SMILES string of the molecule is O=C(O)C1(Cc2nc3cc(Cl)ccc3s2)CCCC1. The van der Waals surface area contributed by atoms with Gasteiger partial charge in [0.05, 0.1) is 20.6 Å². The summed E-state index contributed by atoms with van der Waals surface area (Å²) in [6.45, 7) is 0. The van der Waals surface area contributed by atoms with E-state index in [0.717, 1.165) is 40.9 Å². The Morgan fingerprint density at radius 3 is 2.84 bits per heavy atom. The number of carboxylic acids is 1. The number of fused-ring (bicyclic) bond motifs is 1. The highest BCUT2D eigenvalue weighted by atomic mass is 35.5. The van der Waals surface area contributed by atoms with Crippen LogP contribution < -0.4 is 0 Å². The van der Waals surface area contributed by atoms with E-state index < -0.39 is 11.4 Å². The molecule has 0 spiro atoms. The molecule has 5 heteroatoms. The maximum atomic E-state index is 11.6. The monoisotopic (exact) mass is 295 g/mol. The second kappa shape index (κ2) is 4.76. The van der Waals surface area contributed by atoms with Gasteiger partial charge in [0, 0.05) is 11.4 Å². The summed E-state index contributed by atoms with van der Waals surface area (Å²) >= 11 is 7.52. The molecule has 0 unspecified atom stereocenters. The Kier molecular flexibility index (Phi) is 3.23. The molecule has 1 aromatic heterocycles. The number of carbonyl (C=O) groups is 1. The first-order chi connectivity index (χ1) is 9.09. The van der Waals surface area contributed by atoms with Crippen LogP contribution in [0.1, 0.15) is 30.7 Å². The van der Waals surface area contributed by atoms with E-state index in [1.807, 2.05) is 18.2 Å². The fraction of sp³-hybridized carbons (Fsp3) is 0.429. The van der Waals surface area contributed by atoms with Crippen LogP contribution in [0.2, 0.25) is 5.02 Å². The van der Waals surface area contributed by atoms with Gasteiger partial charge in [0.25, 0.3) is 0 Å². The highest BCUT2D eigenvalue weighted by Crippen LogP contribution is 2.42. The fourth-order valence-corrected chi connectivity index (χ4v) is 4.09. The molecule has 1 heterocycles. The Bertz CT molecular complexity index is 631. The number of thiazole rings is 1. The van der Waals surface area contributed by atoms with Crippen LogP contribution in [0.5, 0.6) is 0 Å². The van der Waals surface area contributed by atoms with Gasteiger partial charge in [0.2, 0.25) is 0 Å². The average Bonchev–Trinajstić information content (AvgIpc) is 2.96. The van der Waals surface area contributed by atoms with Crippen LogP contribution in [-0.4, -0.2) is 16.1 Å². The third-order valence-electron chi connectivity index (χ3n) is 3.90. The highest BCUT2D eigenvalue weighted by Gasteiger charge is 2.42. The summed E-state index contributed by atoms with van der Waals surface area (Å²) in [6.07, 6.45) is 4.07. The number of hydrogen-bond donors (Lipinski definition) is 1. The summed E-state index contributed by atoms with van der Waals surface area (Å²) in [4.78, 5) is 16.1. The minimum absolute atomic E-state index is 0.541. The predicted molar refractivity (Wildman–Crippen MR) is 76.9 cm³/mol. The minimum Gasteiger partial charge on any atom is -0.481 e. The van der Waals surface area contributed by atoms with Crippen molar-refractivity contribution in [1.82, 2.24) is 4.98 Å². The van der Waals surface area contributed by atoms with Crippen LogP contribution in [-0.2, 0) is 11.2 Å². The van der Waals surface area contributed by atoms with Gasteiger partial charge in [-0.3, -0.25) is 4.79 Å². The Morgan fingerprint density at radius 2 is 2.16 bits per heavy atom. The lowest BCUT2D eigenvalue weighted by molar-refractivity contribution is -0.148. The zero-order valence-corrected chi connectivity index (χ0v) is 11.9. The molecule has 1 aromatic carbocycles. The van der Waals surface area contributed by atoms with Crippen molar-refractivity contribution < 1.29 is 9.90 Å². The summed E-state index contributed by atoms with van der Waals surface area (Å²) in [6, 6.07) is 5.62. The van der Waals surface area contributed by atoms with Gasteiger partial charge in [0.15, 0.2) is 0 Å². The van der Waals surface area contributed by atoms with E-state index in [4.69, 9.17) is 11.6 Å². The molecular formula is C14H14ClNO2S. The van der Waals surface area contributed by atoms with Crippen LogP contribution in [0.25, 0.3) is 10.2 Å². The maximum Gasteiger partial charge on any atom is 0.310 e. The Labute approximate surface area is 120 Å². The lowest BCUT2D eigenvalue weighted by Crippen LogP contribution is -2.30. The second-order valence-corrected chi connectivity index (χ2v) is 6.74. The number of rotatable bonds is 3. The lowest BCUT2D eigenvalue weighted by Gasteiger charge is -2.21. The van der Waals surface area contributed by atoms with Crippen LogP contribution in [0.4, 0.5) is 0 Å². The van der Waals surface area contributed by atoms with E-state index in [0.29, 0.717) is 11.4 Å². The molecular weight excluding hydrogens is 282 g/mol. The summed E-state index contributed by atoms with van der Waals surface area (Å²) in [5, 5.41) is 11.1. The topological polar surface area (TPSA) is 50.2 Å². The molecule has 3 nitrogen and oxygen atoms in total. The number of hydrogen-bond acceptors (Lipinski definition) is 3. The quantitative estimate of drug-likeness (QED) is 0.926. The van der Waals surface area contributed by atoms with E-state index in [-0.39, 0.29) is 0 Å². The second-order valence-electron chi connectivity index (χ2n) is 5.19. The molecule has 19 heavy (non-hydrogen) atoms. The Hall–Kier alpha value is -1.13. The highest BCUT2D eigenvalue weighted by molar-refractivity contribution is 7.18. The van der Waals surface area contributed by atoms with E-state index >= 15 is 0 Å². The third kappa shape index (κ3) is 2.35. The van der Waals surface area contributed by atoms with Crippen molar-refractivity contribution in [3.05, 3.63) is 28.2 Å². The molecule has 2 aromatic rings. The molecule has 0 atom stereocenters. The minimum atomic E-state index is -0.678. The van der Waals surface area contributed by atoms with Crippen molar-refractivity contribution in [3.8, 4) is 0 Å². The van der Waals surface area contributed by atoms with Gasteiger partial charge in [0.1, 0.15) is 0 Å². The van der Waals surface area contributed by atoms with Crippen molar-refractivity contribution in [2.24, 2.45) is 5.41 Å². The molecule has 0 saturated heterocycles. The van der Waals surface area contributed by atoms with Crippen molar-refractivity contribution in [1.29, 1.82) is 0 Å². The molecule has 0 bridgehead atoms. The summed E-state index contributed by atoms with van der Waals surface area (Å²) in [7, 11) is 0. The van der Waals surface area contributed by atoms with Crippen LogP contribution in [0.3, 0.4) is 0 Å². The summed E-state index contributed by atoms with van der Waals surface area (Å²) < 4.78 is 1.07. The zero-order chi connectivity index (χ0) is 13.5. The summed E-state index contributed by atoms with van der Waals surface area (Å²) in [5.74, 6) is -0.678. The molecule has 100 valence electrons. The Morgan fingerprint density at radius 1 is 1.42 bits per heavy atom. The standard InChI is InChI=1S/C14H14ClNO2S/c15-9-3-4-11-10(7-9)16-12(19-11)8-14(13(17)18)5-1-2-6-14/h3-4,7H,1-2,5-6,8H2,(H,17,18). The molecule has 3 rings (SSSR count). The average molecular weight is 296 g/mol. The van der Waals surface area contributed by atoms with Gasteiger partial charge in [-0.1, -0.05) is 24.4 Å². The van der Waals surface area contributed by atoms with Gasteiger partial charge in [-0.2, -0.15) is 0 Å². The third-order valence-corrected chi connectivity index (χ3v) is 5.17. The lowest BCUT2D eigenvalue weighted by atomic mass is 9.83. The van der Waals surface area contributed by atoms with E-state index in [1.165, 1.54) is 0 Å². The Balaban J connectivity index is 1.94. The predicted octanol–water partition coefficient (Wildman–Crippen LogP) is 4.14. The van der Waals surface area contributed by atoms with Gasteiger partial charge >= 0.3 is 5.97 Å². The first kappa shape index (κ1) is 12.9. The van der Waals surface area contributed by atoms with Gasteiger partial charge in [-0.25, -0.2) is 4.98 Å². The molecule has 0 amide bonds. The molecule has 1 aliphatic rings. The normalized spacial score (nSPS) is 17.9. The molecule has 1 saturated carbocycles. The zero-order valence-electron chi connectivity index (χ0n) is 10.4. The van der Waals surface area contributed by atoms with Crippen molar-refractivity contribution in [3.63, 3.8) is 0 Å². The number of carboxylic acid groups (broad SMARTS) is 1. The van der Waals surface area contributed by atoms with Crippen molar-refractivity contribution in [2.75, 3.05) is 0 Å². The molecule has 0 radical (unpaired) electrons. The van der Waals surface area contributed by atoms with Crippen LogP contribution >= 0.6 is 22.9 Å². The van der Waals surface area contributed by atoms with Crippen LogP contribution in [0.15, 0.2) is 18.2 Å². The van der Waals surface area contributed by atoms with Crippen LogP contribution in [0, 0.1) is 5.41 Å². The number of halogens is 1. The van der Waals surface area contributed by atoms with E-state index in [9.17, 15) is 9.90 Å². The summed E-state index contributed by atoms with van der Waals surface area (Å²) in [5.41, 5.74) is 0.267. The molecule has 1 aliphatic carbocycles. The number of aromatic nitrogens is 1. The molecule has 1 N–H and O–H groups in total. The first-order valence-electron chi connectivity index (χ1n) is 6.37. The number of benzene rings is 1.